The monoisotopic (exact) mass is 762 g/mol. The van der Waals surface area contributed by atoms with Crippen LogP contribution in [0, 0.1) is 0 Å². The second-order valence-corrected chi connectivity index (χ2v) is 14.3. The van der Waals surface area contributed by atoms with Gasteiger partial charge in [-0.05, 0) is 37.0 Å². The van der Waals surface area contributed by atoms with Crippen LogP contribution in [0.2, 0.25) is 0 Å². The van der Waals surface area contributed by atoms with Crippen molar-refractivity contribution in [1.29, 1.82) is 0 Å². The molecular weight excluding hydrogens is 700 g/mol. The molecule has 14 heteroatoms. The van der Waals surface area contributed by atoms with Gasteiger partial charge in [0.05, 0.1) is 19.8 Å². The van der Waals surface area contributed by atoms with Crippen molar-refractivity contribution in [2.45, 2.75) is 139 Å². The molecule has 14 nitrogen and oxygen atoms in total. The first-order chi connectivity index (χ1) is 26.2. The molecule has 2 aromatic carbocycles. The van der Waals surface area contributed by atoms with Gasteiger partial charge >= 0.3 is 0 Å². The van der Waals surface area contributed by atoms with Crippen molar-refractivity contribution in [1.82, 2.24) is 5.32 Å². The first-order valence-corrected chi connectivity index (χ1v) is 19.5. The summed E-state index contributed by atoms with van der Waals surface area (Å²) in [5, 5.41) is 73.7. The Morgan fingerprint density at radius 1 is 0.648 bits per heavy atom. The van der Waals surface area contributed by atoms with Gasteiger partial charge in [-0.25, -0.2) is 0 Å². The lowest BCUT2D eigenvalue weighted by Crippen LogP contribution is -2.64. The maximum absolute atomic E-state index is 12.3. The van der Waals surface area contributed by atoms with Crippen molar-refractivity contribution >= 4 is 11.6 Å². The molecule has 4 rings (SSSR count). The summed E-state index contributed by atoms with van der Waals surface area (Å²) in [6.07, 6.45) is -4.00. The van der Waals surface area contributed by atoms with E-state index in [2.05, 4.69) is 70.9 Å². The first kappa shape index (κ1) is 44.0. The molecule has 1 amide bonds. The van der Waals surface area contributed by atoms with Crippen molar-refractivity contribution in [3.05, 3.63) is 66.2 Å². The Kier molecular flexibility index (Phi) is 19.6. The van der Waals surface area contributed by atoms with E-state index in [0.717, 1.165) is 32.4 Å². The second kappa shape index (κ2) is 24.0. The van der Waals surface area contributed by atoms with E-state index in [1.807, 2.05) is 0 Å². The number of anilines is 1. The normalized spacial score (nSPS) is 28.5. The van der Waals surface area contributed by atoms with E-state index in [1.165, 1.54) is 49.8 Å². The molecule has 0 radical (unpaired) electrons. The molecule has 2 aliphatic rings. The van der Waals surface area contributed by atoms with E-state index in [1.54, 1.807) is 0 Å². The van der Waals surface area contributed by atoms with Crippen LogP contribution >= 0.6 is 0 Å². The number of amides is 1. The number of hydrogen-bond donors (Lipinski definition) is 8. The summed E-state index contributed by atoms with van der Waals surface area (Å²) in [7, 11) is 0. The van der Waals surface area contributed by atoms with Crippen molar-refractivity contribution in [2.75, 3.05) is 37.8 Å². The van der Waals surface area contributed by atoms with E-state index < -0.39 is 74.6 Å². The number of unbranched alkanes of at least 4 members (excludes halogenated alkanes) is 8. The topological polar surface area (TPSA) is 211 Å². The van der Waals surface area contributed by atoms with Crippen molar-refractivity contribution in [3.8, 4) is 0 Å². The fourth-order valence-electron chi connectivity index (χ4n) is 6.85. The van der Waals surface area contributed by atoms with Crippen LogP contribution in [0.5, 0.6) is 0 Å². The molecule has 0 saturated carbocycles. The summed E-state index contributed by atoms with van der Waals surface area (Å²) in [6, 6.07) is 21.2. The maximum Gasteiger partial charge on any atom is 0.219 e. The van der Waals surface area contributed by atoms with Gasteiger partial charge < -0.3 is 64.9 Å². The molecule has 0 unspecified atom stereocenters. The molecule has 0 spiro atoms. The van der Waals surface area contributed by atoms with Crippen LogP contribution in [0.1, 0.15) is 76.2 Å². The molecule has 0 aromatic heterocycles. The largest absolute Gasteiger partial charge is 0.394 e. The van der Waals surface area contributed by atoms with Crippen molar-refractivity contribution < 1.29 is 59.5 Å². The van der Waals surface area contributed by atoms with Gasteiger partial charge in [-0.15, -0.1) is 0 Å². The number of para-hydroxylation sites is 1. The van der Waals surface area contributed by atoms with Crippen molar-refractivity contribution in [2.24, 2.45) is 0 Å². The third kappa shape index (κ3) is 13.8. The molecule has 2 fully saturated rings. The van der Waals surface area contributed by atoms with E-state index in [4.69, 9.17) is 18.9 Å². The molecule has 2 saturated heterocycles. The summed E-state index contributed by atoms with van der Waals surface area (Å²) in [4.78, 5) is 14.8. The zero-order valence-corrected chi connectivity index (χ0v) is 31.2. The predicted octanol–water partition coefficient (Wildman–Crippen LogP) is 1.74. The summed E-state index contributed by atoms with van der Waals surface area (Å²) in [5.41, 5.74) is 2.58. The van der Waals surface area contributed by atoms with Gasteiger partial charge in [-0.2, -0.15) is 0 Å². The van der Waals surface area contributed by atoms with E-state index in [0.29, 0.717) is 19.4 Å². The lowest BCUT2D eigenvalue weighted by atomic mass is 9.97. The minimum absolute atomic E-state index is 0.0373. The molecule has 304 valence electrons. The van der Waals surface area contributed by atoms with Gasteiger partial charge in [0.25, 0.3) is 0 Å². The average Bonchev–Trinajstić information content (AvgIpc) is 3.19. The fourth-order valence-corrected chi connectivity index (χ4v) is 6.85. The Labute approximate surface area is 318 Å². The third-order valence-corrected chi connectivity index (χ3v) is 10.1. The first-order valence-electron chi connectivity index (χ1n) is 19.5. The third-order valence-electron chi connectivity index (χ3n) is 10.1. The Balaban J connectivity index is 0.999. The molecule has 2 heterocycles. The molecule has 54 heavy (non-hydrogen) atoms. The van der Waals surface area contributed by atoms with Crippen molar-refractivity contribution in [3.63, 3.8) is 0 Å². The molecule has 8 N–H and O–H groups in total. The van der Waals surface area contributed by atoms with Crippen LogP contribution in [0.4, 0.5) is 5.69 Å². The number of rotatable bonds is 24. The zero-order chi connectivity index (χ0) is 38.7. The molecule has 2 aliphatic heterocycles. The maximum atomic E-state index is 12.3. The van der Waals surface area contributed by atoms with E-state index in [-0.39, 0.29) is 12.5 Å². The number of nitrogens with one attached hydrogen (secondary N) is 1. The minimum atomic E-state index is -1.74. The highest BCUT2D eigenvalue weighted by molar-refractivity contribution is 5.75. The van der Waals surface area contributed by atoms with Crippen LogP contribution in [0.25, 0.3) is 0 Å². The second-order valence-electron chi connectivity index (χ2n) is 14.3. The van der Waals surface area contributed by atoms with Gasteiger partial charge in [0.2, 0.25) is 5.91 Å². The van der Waals surface area contributed by atoms with Gasteiger partial charge in [-0.1, -0.05) is 93.5 Å². The van der Waals surface area contributed by atoms with Gasteiger partial charge in [0, 0.05) is 31.7 Å². The van der Waals surface area contributed by atoms with E-state index >= 15 is 0 Å². The van der Waals surface area contributed by atoms with E-state index in [9.17, 15) is 40.5 Å². The summed E-state index contributed by atoms with van der Waals surface area (Å²) in [5.74, 6) is -0.0373. The van der Waals surface area contributed by atoms with Gasteiger partial charge in [-0.3, -0.25) is 4.79 Å². The number of carbonyl (C=O) groups excluding carboxylic acids is 1. The fraction of sp³-hybridized carbons (Fsp3) is 0.675. The summed E-state index contributed by atoms with van der Waals surface area (Å²) >= 11 is 0. The smallest absolute Gasteiger partial charge is 0.219 e. The highest BCUT2D eigenvalue weighted by atomic mass is 16.7. The highest BCUT2D eigenvalue weighted by Gasteiger charge is 2.50. The minimum Gasteiger partial charge on any atom is -0.394 e. The van der Waals surface area contributed by atoms with Crippen LogP contribution in [0.3, 0.4) is 0 Å². The van der Waals surface area contributed by atoms with Crippen LogP contribution in [-0.2, 0) is 30.3 Å². The van der Waals surface area contributed by atoms with Crippen LogP contribution in [0.15, 0.2) is 60.7 Å². The van der Waals surface area contributed by atoms with Crippen LogP contribution < -0.4 is 10.2 Å². The number of hydrogen-bond acceptors (Lipinski definition) is 13. The number of carbonyl (C=O) groups is 1. The zero-order valence-electron chi connectivity index (χ0n) is 31.2. The number of ether oxygens (including phenoxy) is 4. The standard InChI is InChI=1S/C40H62N2O12/c43-26-30-33(46)34(47)36(49)40(52-30)54-38-31(27-44)53-39(37(50)35(38)48)51-24-16-22-41-32(45)21-14-6-4-2-1-3-5-7-15-23-42(29-19-12-9-13-20-29)25-28-17-10-8-11-18-28/h8-13,17-20,30-31,33-40,43-44,46-50H,1-7,14-16,21-27H2,(H,41,45)/t30-,31-,33+,34+,35-,36-,37-,38-,39-,40+/m1/s1. The predicted molar refractivity (Wildman–Crippen MR) is 200 cm³/mol. The lowest BCUT2D eigenvalue weighted by molar-refractivity contribution is -0.359. The lowest BCUT2D eigenvalue weighted by Gasteiger charge is -2.45. The Hall–Kier alpha value is -2.73. The molecular formula is C40H62N2O12. The Morgan fingerprint density at radius 3 is 1.87 bits per heavy atom. The van der Waals surface area contributed by atoms with Gasteiger partial charge in [0.15, 0.2) is 12.6 Å². The quantitative estimate of drug-likeness (QED) is 0.0718. The number of aliphatic hydroxyl groups excluding tert-OH is 7. The van der Waals surface area contributed by atoms with Gasteiger partial charge in [0.1, 0.15) is 48.8 Å². The number of nitrogens with zero attached hydrogens (tertiary/aromatic N) is 1. The SMILES string of the molecule is O=C(CCCCCCCCCCCN(Cc1ccccc1)c1ccccc1)NCCCO[C@@H]1O[C@H](CO)[C@@H](O[C@@H]2O[C@H](CO)[C@H](O)[C@H](O)[C@H]2O)[C@H](O)[C@H]1O. The summed E-state index contributed by atoms with van der Waals surface area (Å²) < 4.78 is 22.0. The highest BCUT2D eigenvalue weighted by Crippen LogP contribution is 2.29. The molecule has 0 aliphatic carbocycles. The number of benzene rings is 2. The molecule has 0 bridgehead atoms. The average molecular weight is 763 g/mol. The summed E-state index contributed by atoms with van der Waals surface area (Å²) in [6.45, 7) is 1.07. The van der Waals surface area contributed by atoms with Crippen LogP contribution in [-0.4, -0.2) is 136 Å². The Bertz CT molecular complexity index is 1290. The molecule has 10 atom stereocenters. The number of aliphatic hydroxyl groups is 7. The molecule has 2 aromatic rings. The Morgan fingerprint density at radius 2 is 1.22 bits per heavy atom.